The van der Waals surface area contributed by atoms with Gasteiger partial charge in [-0.15, -0.1) is 24.0 Å². The van der Waals surface area contributed by atoms with E-state index in [9.17, 15) is 0 Å². The van der Waals surface area contributed by atoms with Gasteiger partial charge in [0.05, 0.1) is 13.7 Å². The average molecular weight is 512 g/mol. The van der Waals surface area contributed by atoms with Crippen LogP contribution in [0.25, 0.3) is 0 Å². The number of hydrogen-bond donors (Lipinski definition) is 2. The zero-order valence-corrected chi connectivity index (χ0v) is 19.7. The predicted octanol–water partition coefficient (Wildman–Crippen LogP) is 3.30. The number of ether oxygens (including phenoxy) is 3. The van der Waals surface area contributed by atoms with Gasteiger partial charge in [0.25, 0.3) is 0 Å². The van der Waals surface area contributed by atoms with Crippen molar-refractivity contribution < 1.29 is 14.2 Å². The summed E-state index contributed by atoms with van der Waals surface area (Å²) in [5.74, 6) is 3.11. The maximum atomic E-state index is 5.89. The van der Waals surface area contributed by atoms with Crippen molar-refractivity contribution in [2.75, 3.05) is 20.8 Å². The van der Waals surface area contributed by atoms with E-state index in [1.807, 2.05) is 19.1 Å². The normalized spacial score (nSPS) is 15.0. The standard InChI is InChI=1S/C21H28N4O3.HI/c1-5-27-18-10-16-9-14(2)28-19(16)11-17(18)13-25-21(22-3)24-12-15-7-6-8-23-20(15)26-4;/h6-8,10-11,14H,5,9,12-13H2,1-4H3,(H2,22,24,25);1H. The molecule has 2 aromatic rings. The summed E-state index contributed by atoms with van der Waals surface area (Å²) in [6.07, 6.45) is 2.83. The summed E-state index contributed by atoms with van der Waals surface area (Å²) in [7, 11) is 3.36. The molecule has 1 aliphatic heterocycles. The lowest BCUT2D eigenvalue weighted by atomic mass is 10.1. The highest BCUT2D eigenvalue weighted by Gasteiger charge is 2.22. The van der Waals surface area contributed by atoms with Crippen LogP contribution in [0.2, 0.25) is 0 Å². The molecule has 0 fully saturated rings. The van der Waals surface area contributed by atoms with E-state index in [1.54, 1.807) is 20.4 Å². The molecule has 1 aromatic carbocycles. The maximum Gasteiger partial charge on any atom is 0.218 e. The third-order valence-electron chi connectivity index (χ3n) is 4.54. The molecular formula is C21H29IN4O3. The van der Waals surface area contributed by atoms with Gasteiger partial charge in [-0.25, -0.2) is 4.98 Å². The first-order valence-electron chi connectivity index (χ1n) is 9.52. The highest BCUT2D eigenvalue weighted by Crippen LogP contribution is 2.35. The van der Waals surface area contributed by atoms with Crippen LogP contribution in [0.15, 0.2) is 35.5 Å². The Kier molecular flexibility index (Phi) is 8.81. The fourth-order valence-electron chi connectivity index (χ4n) is 3.23. The molecule has 158 valence electrons. The Morgan fingerprint density at radius 1 is 1.28 bits per heavy atom. The SMILES string of the molecule is CCOc1cc2c(cc1CNC(=NC)NCc1cccnc1OC)OC(C)C2.I. The monoisotopic (exact) mass is 512 g/mol. The number of benzene rings is 1. The lowest BCUT2D eigenvalue weighted by Gasteiger charge is -2.16. The molecule has 7 nitrogen and oxygen atoms in total. The van der Waals surface area contributed by atoms with Gasteiger partial charge in [0, 0.05) is 49.4 Å². The molecule has 0 aliphatic carbocycles. The van der Waals surface area contributed by atoms with E-state index in [0.29, 0.717) is 31.5 Å². The van der Waals surface area contributed by atoms with Gasteiger partial charge in [-0.2, -0.15) is 0 Å². The lowest BCUT2D eigenvalue weighted by molar-refractivity contribution is 0.254. The fourth-order valence-corrected chi connectivity index (χ4v) is 3.23. The Morgan fingerprint density at radius 2 is 2.03 bits per heavy atom. The average Bonchev–Trinajstić information content (AvgIpc) is 3.07. The molecule has 2 heterocycles. The molecule has 0 radical (unpaired) electrons. The summed E-state index contributed by atoms with van der Waals surface area (Å²) in [6.45, 7) is 5.82. The van der Waals surface area contributed by atoms with Crippen LogP contribution in [0.4, 0.5) is 0 Å². The molecule has 3 rings (SSSR count). The molecule has 1 atom stereocenters. The molecule has 8 heteroatoms. The van der Waals surface area contributed by atoms with Crippen molar-refractivity contribution in [2.45, 2.75) is 39.5 Å². The zero-order chi connectivity index (χ0) is 19.9. The Labute approximate surface area is 189 Å². The van der Waals surface area contributed by atoms with Gasteiger partial charge >= 0.3 is 0 Å². The topological polar surface area (TPSA) is 77.0 Å². The minimum atomic E-state index is 0. The van der Waals surface area contributed by atoms with Crippen molar-refractivity contribution in [3.63, 3.8) is 0 Å². The van der Waals surface area contributed by atoms with Crippen LogP contribution in [0.1, 0.15) is 30.5 Å². The van der Waals surface area contributed by atoms with Crippen LogP contribution in [-0.2, 0) is 19.5 Å². The van der Waals surface area contributed by atoms with E-state index >= 15 is 0 Å². The number of aromatic nitrogens is 1. The third kappa shape index (κ3) is 5.88. The van der Waals surface area contributed by atoms with E-state index in [4.69, 9.17) is 14.2 Å². The Morgan fingerprint density at radius 3 is 2.72 bits per heavy atom. The number of halogens is 1. The predicted molar refractivity (Wildman–Crippen MR) is 125 cm³/mol. The van der Waals surface area contributed by atoms with E-state index < -0.39 is 0 Å². The van der Waals surface area contributed by atoms with Gasteiger partial charge in [0.1, 0.15) is 17.6 Å². The molecule has 0 saturated carbocycles. The van der Waals surface area contributed by atoms with Crippen LogP contribution in [0, 0.1) is 0 Å². The quantitative estimate of drug-likeness (QED) is 0.337. The second-order valence-corrected chi connectivity index (χ2v) is 6.58. The molecule has 2 N–H and O–H groups in total. The number of hydrogen-bond acceptors (Lipinski definition) is 5. The van der Waals surface area contributed by atoms with E-state index in [1.165, 1.54) is 5.56 Å². The van der Waals surface area contributed by atoms with E-state index in [0.717, 1.165) is 29.0 Å². The van der Waals surface area contributed by atoms with Gasteiger partial charge in [0.2, 0.25) is 5.88 Å². The number of guanidine groups is 1. The largest absolute Gasteiger partial charge is 0.494 e. The Bertz CT molecular complexity index is 845. The molecule has 0 saturated heterocycles. The Hall–Kier alpha value is -2.23. The number of rotatable bonds is 7. The van der Waals surface area contributed by atoms with Gasteiger partial charge in [-0.05, 0) is 32.0 Å². The van der Waals surface area contributed by atoms with Crippen molar-refractivity contribution in [1.82, 2.24) is 15.6 Å². The number of methoxy groups -OCH3 is 1. The first-order chi connectivity index (χ1) is 13.6. The summed E-state index contributed by atoms with van der Waals surface area (Å²) in [5.41, 5.74) is 3.20. The minimum Gasteiger partial charge on any atom is -0.494 e. The zero-order valence-electron chi connectivity index (χ0n) is 17.3. The first-order valence-corrected chi connectivity index (χ1v) is 9.52. The van der Waals surface area contributed by atoms with Crippen LogP contribution in [-0.4, -0.2) is 37.8 Å². The van der Waals surface area contributed by atoms with Crippen molar-refractivity contribution in [3.8, 4) is 17.4 Å². The maximum absolute atomic E-state index is 5.89. The molecule has 0 spiro atoms. The third-order valence-corrected chi connectivity index (χ3v) is 4.54. The Balaban J connectivity index is 0.00000300. The highest BCUT2D eigenvalue weighted by atomic mass is 127. The summed E-state index contributed by atoms with van der Waals surface area (Å²) >= 11 is 0. The van der Waals surface area contributed by atoms with Gasteiger partial charge in [-0.1, -0.05) is 6.07 Å². The molecule has 1 unspecified atom stereocenters. The van der Waals surface area contributed by atoms with Gasteiger partial charge in [0.15, 0.2) is 5.96 Å². The summed E-state index contributed by atoms with van der Waals surface area (Å²) in [5, 5.41) is 6.63. The molecule has 0 amide bonds. The van der Waals surface area contributed by atoms with Crippen LogP contribution < -0.4 is 24.8 Å². The number of fused-ring (bicyclic) bond motifs is 1. The van der Waals surface area contributed by atoms with Crippen molar-refractivity contribution in [2.24, 2.45) is 4.99 Å². The van der Waals surface area contributed by atoms with Gasteiger partial charge in [-0.3, -0.25) is 4.99 Å². The van der Waals surface area contributed by atoms with Crippen molar-refractivity contribution in [1.29, 1.82) is 0 Å². The number of nitrogens with one attached hydrogen (secondary N) is 2. The first kappa shape index (κ1) is 23.1. The highest BCUT2D eigenvalue weighted by molar-refractivity contribution is 14.0. The van der Waals surface area contributed by atoms with Crippen LogP contribution in [0.3, 0.4) is 0 Å². The van der Waals surface area contributed by atoms with Crippen LogP contribution >= 0.6 is 24.0 Å². The number of nitrogens with zero attached hydrogens (tertiary/aromatic N) is 2. The van der Waals surface area contributed by atoms with E-state index in [-0.39, 0.29) is 30.1 Å². The van der Waals surface area contributed by atoms with Crippen molar-refractivity contribution in [3.05, 3.63) is 47.2 Å². The summed E-state index contributed by atoms with van der Waals surface area (Å²) < 4.78 is 17.0. The lowest BCUT2D eigenvalue weighted by Crippen LogP contribution is -2.36. The molecular weight excluding hydrogens is 483 g/mol. The molecule has 1 aliphatic rings. The molecule has 1 aromatic heterocycles. The van der Waals surface area contributed by atoms with Crippen LogP contribution in [0.5, 0.6) is 17.4 Å². The van der Waals surface area contributed by atoms with Gasteiger partial charge < -0.3 is 24.8 Å². The van der Waals surface area contributed by atoms with Crippen molar-refractivity contribution >= 4 is 29.9 Å². The molecule has 29 heavy (non-hydrogen) atoms. The van der Waals surface area contributed by atoms with E-state index in [2.05, 4.69) is 39.7 Å². The minimum absolute atomic E-state index is 0. The molecule has 0 bridgehead atoms. The summed E-state index contributed by atoms with van der Waals surface area (Å²) in [6, 6.07) is 8.01. The number of aliphatic imine (C=N–C) groups is 1. The number of pyridine rings is 1. The second-order valence-electron chi connectivity index (χ2n) is 6.58. The summed E-state index contributed by atoms with van der Waals surface area (Å²) in [4.78, 5) is 8.51. The fraction of sp³-hybridized carbons (Fsp3) is 0.429. The second kappa shape index (κ2) is 11.1. The smallest absolute Gasteiger partial charge is 0.218 e.